The Morgan fingerprint density at radius 1 is 1.50 bits per heavy atom. The number of hydrogen-bond acceptors (Lipinski definition) is 3. The van der Waals surface area contributed by atoms with Crippen molar-refractivity contribution in [2.45, 2.75) is 25.9 Å². The average Bonchev–Trinajstić information content (AvgIpc) is 2.95. The number of halogens is 1. The van der Waals surface area contributed by atoms with Gasteiger partial charge in [0.05, 0.1) is 18.4 Å². The molecule has 20 heavy (non-hydrogen) atoms. The van der Waals surface area contributed by atoms with Crippen molar-refractivity contribution in [3.63, 3.8) is 0 Å². The molecule has 0 saturated heterocycles. The predicted molar refractivity (Wildman–Crippen MR) is 77.3 cm³/mol. The molecule has 1 aliphatic rings. The molecule has 0 aliphatic carbocycles. The molecular formula is C15H17ClN2O2. The second-order valence-corrected chi connectivity index (χ2v) is 5.65. The Morgan fingerprint density at radius 3 is 3.00 bits per heavy atom. The molecule has 1 aromatic heterocycles. The van der Waals surface area contributed by atoms with Gasteiger partial charge in [-0.05, 0) is 30.2 Å². The third-order valence-electron chi connectivity index (χ3n) is 3.65. The summed E-state index contributed by atoms with van der Waals surface area (Å²) in [6, 6.07) is 3.82. The van der Waals surface area contributed by atoms with Crippen molar-refractivity contribution >= 4 is 11.6 Å². The molecule has 1 aromatic carbocycles. The standard InChI is InChI=1S/C15H17ClN2O2/c1-9-13(8-18(2)17-9)14(19)7-11-6-12(16)5-10-3-4-20-15(10)11/h5-6,8,14,19H,3-4,7H2,1-2H3. The molecule has 1 aliphatic heterocycles. The Kier molecular flexibility index (Phi) is 3.44. The largest absolute Gasteiger partial charge is 0.493 e. The van der Waals surface area contributed by atoms with Crippen molar-refractivity contribution in [2.75, 3.05) is 6.61 Å². The third kappa shape index (κ3) is 2.41. The van der Waals surface area contributed by atoms with Crippen LogP contribution in [-0.4, -0.2) is 21.5 Å². The lowest BCUT2D eigenvalue weighted by molar-refractivity contribution is 0.176. The van der Waals surface area contributed by atoms with E-state index in [1.54, 1.807) is 4.68 Å². The smallest absolute Gasteiger partial charge is 0.126 e. The molecule has 0 saturated carbocycles. The fourth-order valence-corrected chi connectivity index (χ4v) is 3.02. The molecule has 4 nitrogen and oxygen atoms in total. The van der Waals surface area contributed by atoms with Gasteiger partial charge in [0.1, 0.15) is 5.75 Å². The van der Waals surface area contributed by atoms with Crippen LogP contribution in [0, 0.1) is 6.92 Å². The zero-order valence-electron chi connectivity index (χ0n) is 11.6. The van der Waals surface area contributed by atoms with E-state index in [1.165, 1.54) is 0 Å². The highest BCUT2D eigenvalue weighted by atomic mass is 35.5. The fraction of sp³-hybridized carbons (Fsp3) is 0.400. The van der Waals surface area contributed by atoms with Gasteiger partial charge in [-0.25, -0.2) is 0 Å². The Morgan fingerprint density at radius 2 is 2.30 bits per heavy atom. The summed E-state index contributed by atoms with van der Waals surface area (Å²) >= 11 is 6.14. The number of fused-ring (bicyclic) bond motifs is 1. The van der Waals surface area contributed by atoms with Crippen LogP contribution in [0.2, 0.25) is 5.02 Å². The highest BCUT2D eigenvalue weighted by molar-refractivity contribution is 6.30. The second kappa shape index (κ2) is 5.11. The van der Waals surface area contributed by atoms with E-state index in [4.69, 9.17) is 16.3 Å². The zero-order chi connectivity index (χ0) is 14.3. The number of aliphatic hydroxyl groups excluding tert-OH is 1. The van der Waals surface area contributed by atoms with Crippen molar-refractivity contribution < 1.29 is 9.84 Å². The molecule has 1 unspecified atom stereocenters. The van der Waals surface area contributed by atoms with E-state index in [9.17, 15) is 5.11 Å². The number of aromatic nitrogens is 2. The third-order valence-corrected chi connectivity index (χ3v) is 3.87. The molecule has 0 amide bonds. The Hall–Kier alpha value is -1.52. The predicted octanol–water partition coefficient (Wildman–Crippen LogP) is 2.59. The molecule has 2 aromatic rings. The van der Waals surface area contributed by atoms with Gasteiger partial charge in [0, 0.05) is 36.7 Å². The zero-order valence-corrected chi connectivity index (χ0v) is 12.3. The van der Waals surface area contributed by atoms with Gasteiger partial charge >= 0.3 is 0 Å². The summed E-state index contributed by atoms with van der Waals surface area (Å²) in [4.78, 5) is 0. The van der Waals surface area contributed by atoms with E-state index >= 15 is 0 Å². The molecule has 0 spiro atoms. The lowest BCUT2D eigenvalue weighted by Gasteiger charge is -2.13. The number of aryl methyl sites for hydroxylation is 2. The topological polar surface area (TPSA) is 47.3 Å². The maximum absolute atomic E-state index is 10.4. The molecule has 0 fully saturated rings. The number of ether oxygens (including phenoxy) is 1. The van der Waals surface area contributed by atoms with Crippen LogP contribution in [-0.2, 0) is 19.9 Å². The molecular weight excluding hydrogens is 276 g/mol. The first-order valence-electron chi connectivity index (χ1n) is 6.67. The van der Waals surface area contributed by atoms with Gasteiger partial charge in [0.25, 0.3) is 0 Å². The van der Waals surface area contributed by atoms with Gasteiger partial charge < -0.3 is 9.84 Å². The lowest BCUT2D eigenvalue weighted by atomic mass is 9.99. The molecule has 1 N–H and O–H groups in total. The van der Waals surface area contributed by atoms with Crippen molar-refractivity contribution in [2.24, 2.45) is 7.05 Å². The Bertz CT molecular complexity index is 652. The number of aliphatic hydroxyl groups is 1. The number of benzene rings is 1. The van der Waals surface area contributed by atoms with Gasteiger partial charge in [-0.15, -0.1) is 0 Å². The monoisotopic (exact) mass is 292 g/mol. The van der Waals surface area contributed by atoms with E-state index in [0.29, 0.717) is 18.1 Å². The molecule has 0 radical (unpaired) electrons. The summed E-state index contributed by atoms with van der Waals surface area (Å²) in [5, 5.41) is 15.4. The van der Waals surface area contributed by atoms with Gasteiger partial charge in [-0.1, -0.05) is 11.6 Å². The van der Waals surface area contributed by atoms with Crippen LogP contribution in [0.1, 0.15) is 28.5 Å². The fourth-order valence-electron chi connectivity index (χ4n) is 2.76. The molecule has 3 rings (SSSR count). The quantitative estimate of drug-likeness (QED) is 0.946. The van der Waals surface area contributed by atoms with Crippen molar-refractivity contribution in [3.8, 4) is 5.75 Å². The van der Waals surface area contributed by atoms with Crippen LogP contribution in [0.25, 0.3) is 0 Å². The van der Waals surface area contributed by atoms with Crippen LogP contribution < -0.4 is 4.74 Å². The summed E-state index contributed by atoms with van der Waals surface area (Å²) in [5.41, 5.74) is 3.78. The van der Waals surface area contributed by atoms with Gasteiger partial charge in [-0.3, -0.25) is 4.68 Å². The molecule has 106 valence electrons. The second-order valence-electron chi connectivity index (χ2n) is 5.22. The van der Waals surface area contributed by atoms with Crippen LogP contribution in [0.15, 0.2) is 18.3 Å². The minimum Gasteiger partial charge on any atom is -0.493 e. The van der Waals surface area contributed by atoms with E-state index in [-0.39, 0.29) is 0 Å². The van der Waals surface area contributed by atoms with E-state index in [0.717, 1.165) is 34.6 Å². The summed E-state index contributed by atoms with van der Waals surface area (Å²) in [7, 11) is 1.85. The maximum Gasteiger partial charge on any atom is 0.126 e. The van der Waals surface area contributed by atoms with Gasteiger partial charge in [0.2, 0.25) is 0 Å². The van der Waals surface area contributed by atoms with Crippen molar-refractivity contribution in [1.82, 2.24) is 9.78 Å². The Balaban J connectivity index is 1.90. The molecule has 1 atom stereocenters. The molecule has 5 heteroatoms. The minimum atomic E-state index is -0.601. The van der Waals surface area contributed by atoms with E-state index in [2.05, 4.69) is 5.10 Å². The minimum absolute atomic E-state index is 0.482. The first-order chi connectivity index (χ1) is 9.54. The summed E-state index contributed by atoms with van der Waals surface area (Å²) < 4.78 is 7.38. The average molecular weight is 293 g/mol. The van der Waals surface area contributed by atoms with E-state index in [1.807, 2.05) is 32.3 Å². The summed E-state index contributed by atoms with van der Waals surface area (Å²) in [5.74, 6) is 0.884. The Labute approximate surface area is 122 Å². The SMILES string of the molecule is Cc1nn(C)cc1C(O)Cc1cc(Cl)cc2c1OCC2. The van der Waals surface area contributed by atoms with Crippen LogP contribution in [0.4, 0.5) is 0 Å². The van der Waals surface area contributed by atoms with Crippen LogP contribution in [0.5, 0.6) is 5.75 Å². The number of nitrogens with zero attached hydrogens (tertiary/aromatic N) is 2. The van der Waals surface area contributed by atoms with Crippen LogP contribution >= 0.6 is 11.6 Å². The number of hydrogen-bond donors (Lipinski definition) is 1. The van der Waals surface area contributed by atoms with Gasteiger partial charge in [-0.2, -0.15) is 5.10 Å². The summed E-state index contributed by atoms with van der Waals surface area (Å²) in [6.07, 6.45) is 2.61. The highest BCUT2D eigenvalue weighted by Crippen LogP contribution is 2.35. The van der Waals surface area contributed by atoms with Crippen molar-refractivity contribution in [3.05, 3.63) is 45.7 Å². The lowest BCUT2D eigenvalue weighted by Crippen LogP contribution is -2.04. The highest BCUT2D eigenvalue weighted by Gasteiger charge is 2.21. The molecule has 0 bridgehead atoms. The molecule has 2 heterocycles. The van der Waals surface area contributed by atoms with E-state index < -0.39 is 6.10 Å². The summed E-state index contributed by atoms with van der Waals surface area (Å²) in [6.45, 7) is 2.59. The normalized spacial score (nSPS) is 15.0. The van der Waals surface area contributed by atoms with Crippen molar-refractivity contribution in [1.29, 1.82) is 0 Å². The first kappa shape index (κ1) is 13.5. The van der Waals surface area contributed by atoms with Gasteiger partial charge in [0.15, 0.2) is 0 Å². The maximum atomic E-state index is 10.4. The number of rotatable bonds is 3. The first-order valence-corrected chi connectivity index (χ1v) is 7.04. The van der Waals surface area contributed by atoms with Crippen LogP contribution in [0.3, 0.4) is 0 Å².